The Morgan fingerprint density at radius 1 is 1.56 bits per heavy atom. The number of nitrogens with one attached hydrogen (secondary N) is 1. The molecule has 1 aliphatic carbocycles. The topological polar surface area (TPSA) is 71.5 Å². The monoisotopic (exact) mass is 250 g/mol. The van der Waals surface area contributed by atoms with E-state index in [0.29, 0.717) is 11.7 Å². The molecule has 1 saturated carbocycles. The lowest BCUT2D eigenvalue weighted by Gasteiger charge is -2.24. The number of carboxylic acid groups (broad SMARTS) is 1. The van der Waals surface area contributed by atoms with Gasteiger partial charge in [-0.25, -0.2) is 9.78 Å². The number of aromatic nitrogens is 1. The summed E-state index contributed by atoms with van der Waals surface area (Å²) in [7, 11) is 1.71. The van der Waals surface area contributed by atoms with Crippen molar-refractivity contribution in [3.8, 4) is 0 Å². The molecule has 0 radical (unpaired) electrons. The van der Waals surface area contributed by atoms with Gasteiger partial charge in [0.25, 0.3) is 0 Å². The molecule has 0 bridgehead atoms. The van der Waals surface area contributed by atoms with E-state index >= 15 is 0 Å². The predicted octanol–water partition coefficient (Wildman–Crippen LogP) is 2.01. The number of pyridine rings is 1. The number of ether oxygens (including phenoxy) is 1. The van der Waals surface area contributed by atoms with Gasteiger partial charge >= 0.3 is 5.97 Å². The van der Waals surface area contributed by atoms with E-state index in [4.69, 9.17) is 9.84 Å². The Labute approximate surface area is 106 Å². The third kappa shape index (κ3) is 2.98. The van der Waals surface area contributed by atoms with Gasteiger partial charge in [0.15, 0.2) is 5.69 Å². The van der Waals surface area contributed by atoms with Crippen LogP contribution >= 0.6 is 0 Å². The number of aromatic carboxylic acids is 1. The quantitative estimate of drug-likeness (QED) is 0.808. The SMILES string of the molecule is COC(C1CC1)C(C)Nc1cccc(C(=O)O)n1. The summed E-state index contributed by atoms with van der Waals surface area (Å²) in [5.41, 5.74) is 0.0487. The number of rotatable bonds is 6. The lowest BCUT2D eigenvalue weighted by molar-refractivity contribution is 0.0690. The summed E-state index contributed by atoms with van der Waals surface area (Å²) >= 11 is 0. The van der Waals surface area contributed by atoms with Crippen LogP contribution in [0.5, 0.6) is 0 Å². The highest BCUT2D eigenvalue weighted by atomic mass is 16.5. The van der Waals surface area contributed by atoms with E-state index in [0.717, 1.165) is 0 Å². The van der Waals surface area contributed by atoms with E-state index in [1.807, 2.05) is 6.92 Å². The van der Waals surface area contributed by atoms with Crippen molar-refractivity contribution < 1.29 is 14.6 Å². The zero-order valence-corrected chi connectivity index (χ0v) is 10.6. The van der Waals surface area contributed by atoms with E-state index in [1.165, 1.54) is 18.9 Å². The van der Waals surface area contributed by atoms with Crippen LogP contribution in [0.3, 0.4) is 0 Å². The number of nitrogens with zero attached hydrogens (tertiary/aromatic N) is 1. The van der Waals surface area contributed by atoms with Crippen LogP contribution in [-0.2, 0) is 4.74 Å². The zero-order chi connectivity index (χ0) is 13.1. The van der Waals surface area contributed by atoms with Crippen LogP contribution in [-0.4, -0.2) is 35.3 Å². The Morgan fingerprint density at radius 2 is 2.28 bits per heavy atom. The first-order valence-corrected chi connectivity index (χ1v) is 6.11. The standard InChI is InChI=1S/C13H18N2O3/c1-8(12(18-2)9-6-7-9)14-11-5-3-4-10(15-11)13(16)17/h3-5,8-9,12H,6-7H2,1-2H3,(H,14,15)(H,16,17). The number of anilines is 1. The molecule has 1 aliphatic rings. The van der Waals surface area contributed by atoms with Gasteiger partial charge in [0, 0.05) is 7.11 Å². The summed E-state index contributed by atoms with van der Waals surface area (Å²) in [6.45, 7) is 2.03. The molecule has 1 fully saturated rings. The fraction of sp³-hybridized carbons (Fsp3) is 0.538. The second-order valence-corrected chi connectivity index (χ2v) is 4.68. The van der Waals surface area contributed by atoms with Gasteiger partial charge in [-0.15, -0.1) is 0 Å². The molecule has 0 aromatic carbocycles. The van der Waals surface area contributed by atoms with Gasteiger partial charge in [-0.1, -0.05) is 6.07 Å². The largest absolute Gasteiger partial charge is 0.477 e. The van der Waals surface area contributed by atoms with Crippen LogP contribution in [0.15, 0.2) is 18.2 Å². The summed E-state index contributed by atoms with van der Waals surface area (Å²) in [6.07, 6.45) is 2.56. The molecule has 2 unspecified atom stereocenters. The minimum atomic E-state index is -1.02. The molecule has 2 rings (SSSR count). The molecule has 98 valence electrons. The molecule has 2 N–H and O–H groups in total. The van der Waals surface area contributed by atoms with Gasteiger partial charge in [-0.2, -0.15) is 0 Å². The van der Waals surface area contributed by atoms with Crippen molar-refractivity contribution in [2.75, 3.05) is 12.4 Å². The number of hydrogen-bond donors (Lipinski definition) is 2. The van der Waals surface area contributed by atoms with Crippen LogP contribution in [0.25, 0.3) is 0 Å². The highest BCUT2D eigenvalue weighted by Crippen LogP contribution is 2.36. The van der Waals surface area contributed by atoms with Crippen LogP contribution in [0.1, 0.15) is 30.3 Å². The number of hydrogen-bond acceptors (Lipinski definition) is 4. The van der Waals surface area contributed by atoms with E-state index in [1.54, 1.807) is 19.2 Å². The first-order valence-electron chi connectivity index (χ1n) is 6.11. The lowest BCUT2D eigenvalue weighted by atomic mass is 10.1. The maximum absolute atomic E-state index is 10.8. The molecule has 5 heteroatoms. The third-order valence-corrected chi connectivity index (χ3v) is 3.20. The number of carboxylic acids is 1. The minimum absolute atomic E-state index is 0.0487. The van der Waals surface area contributed by atoms with Gasteiger partial charge in [-0.05, 0) is 37.8 Å². The van der Waals surface area contributed by atoms with Crippen LogP contribution in [0.4, 0.5) is 5.82 Å². The molecule has 1 aromatic heterocycles. The number of methoxy groups -OCH3 is 1. The Balaban J connectivity index is 2.03. The summed E-state index contributed by atoms with van der Waals surface area (Å²) in [5.74, 6) is 0.169. The van der Waals surface area contributed by atoms with Crippen molar-refractivity contribution in [2.45, 2.75) is 31.9 Å². The van der Waals surface area contributed by atoms with Gasteiger partial charge in [0.1, 0.15) is 5.82 Å². The second-order valence-electron chi connectivity index (χ2n) is 4.68. The molecule has 1 heterocycles. The molecular formula is C13H18N2O3. The zero-order valence-electron chi connectivity index (χ0n) is 10.6. The molecule has 0 aliphatic heterocycles. The lowest BCUT2D eigenvalue weighted by Crippen LogP contribution is -2.34. The van der Waals surface area contributed by atoms with Gasteiger partial charge < -0.3 is 15.2 Å². The Kier molecular flexibility index (Phi) is 3.81. The van der Waals surface area contributed by atoms with Crippen molar-refractivity contribution in [3.63, 3.8) is 0 Å². The van der Waals surface area contributed by atoms with E-state index in [9.17, 15) is 4.79 Å². The molecule has 18 heavy (non-hydrogen) atoms. The average molecular weight is 250 g/mol. The predicted molar refractivity (Wildman–Crippen MR) is 67.8 cm³/mol. The third-order valence-electron chi connectivity index (χ3n) is 3.20. The second kappa shape index (κ2) is 5.35. The summed E-state index contributed by atoms with van der Waals surface area (Å²) in [6, 6.07) is 5.04. The molecule has 5 nitrogen and oxygen atoms in total. The average Bonchev–Trinajstić information content (AvgIpc) is 3.14. The Hall–Kier alpha value is -1.62. The van der Waals surface area contributed by atoms with Crippen molar-refractivity contribution in [2.24, 2.45) is 5.92 Å². The van der Waals surface area contributed by atoms with E-state index < -0.39 is 5.97 Å². The van der Waals surface area contributed by atoms with Gasteiger partial charge in [0.2, 0.25) is 0 Å². The molecule has 0 amide bonds. The fourth-order valence-corrected chi connectivity index (χ4v) is 2.18. The molecular weight excluding hydrogens is 232 g/mol. The van der Waals surface area contributed by atoms with Crippen molar-refractivity contribution >= 4 is 11.8 Å². The fourth-order valence-electron chi connectivity index (χ4n) is 2.18. The maximum Gasteiger partial charge on any atom is 0.354 e. The van der Waals surface area contributed by atoms with Gasteiger partial charge in [0.05, 0.1) is 12.1 Å². The molecule has 2 atom stereocenters. The van der Waals surface area contributed by atoms with Crippen molar-refractivity contribution in [1.82, 2.24) is 4.98 Å². The van der Waals surface area contributed by atoms with Crippen LogP contribution in [0, 0.1) is 5.92 Å². The Morgan fingerprint density at radius 3 is 2.83 bits per heavy atom. The Bertz CT molecular complexity index is 432. The molecule has 0 saturated heterocycles. The highest BCUT2D eigenvalue weighted by Gasteiger charge is 2.35. The van der Waals surface area contributed by atoms with Crippen molar-refractivity contribution in [3.05, 3.63) is 23.9 Å². The normalized spacial score (nSPS) is 18.1. The molecule has 1 aromatic rings. The summed E-state index contributed by atoms with van der Waals surface area (Å²) in [5, 5.41) is 12.1. The first-order chi connectivity index (χ1) is 8.61. The number of carbonyl (C=O) groups is 1. The summed E-state index contributed by atoms with van der Waals surface area (Å²) < 4.78 is 5.48. The smallest absolute Gasteiger partial charge is 0.354 e. The van der Waals surface area contributed by atoms with Crippen LogP contribution < -0.4 is 5.32 Å². The van der Waals surface area contributed by atoms with E-state index in [-0.39, 0.29) is 17.8 Å². The van der Waals surface area contributed by atoms with Gasteiger partial charge in [-0.3, -0.25) is 0 Å². The van der Waals surface area contributed by atoms with E-state index in [2.05, 4.69) is 10.3 Å². The molecule has 0 spiro atoms. The first kappa shape index (κ1) is 12.8. The van der Waals surface area contributed by atoms with Crippen molar-refractivity contribution in [1.29, 1.82) is 0 Å². The maximum atomic E-state index is 10.8. The summed E-state index contributed by atoms with van der Waals surface area (Å²) in [4.78, 5) is 14.9. The minimum Gasteiger partial charge on any atom is -0.477 e. The highest BCUT2D eigenvalue weighted by molar-refractivity contribution is 5.85. The van der Waals surface area contributed by atoms with Crippen LogP contribution in [0.2, 0.25) is 0 Å².